The first-order valence-electron chi connectivity index (χ1n) is 6.74. The van der Waals surface area contributed by atoms with E-state index in [1.165, 1.54) is 5.56 Å². The number of hydrogen-bond donors (Lipinski definition) is 2. The molecule has 0 unspecified atom stereocenters. The van der Waals surface area contributed by atoms with Crippen LogP contribution < -0.4 is 10.6 Å². The lowest BCUT2D eigenvalue weighted by atomic mass is 10.0. The molecule has 0 fully saturated rings. The number of hydrogen-bond acceptors (Lipinski definition) is 1. The molecule has 0 aliphatic carbocycles. The molecule has 0 aromatic heterocycles. The molecule has 0 heterocycles. The summed E-state index contributed by atoms with van der Waals surface area (Å²) in [6.45, 7) is 7.78. The van der Waals surface area contributed by atoms with E-state index < -0.39 is 0 Å². The SMILES string of the molecule is CCCCNC(=O)NCc1ccc(C(C)C)cc1. The van der Waals surface area contributed by atoms with Crippen molar-refractivity contribution in [1.29, 1.82) is 0 Å². The zero-order valence-electron chi connectivity index (χ0n) is 11.6. The van der Waals surface area contributed by atoms with Crippen molar-refractivity contribution in [2.24, 2.45) is 0 Å². The molecule has 0 aliphatic rings. The molecule has 2 N–H and O–H groups in total. The summed E-state index contributed by atoms with van der Waals surface area (Å²) in [7, 11) is 0. The highest BCUT2D eigenvalue weighted by Gasteiger charge is 2.01. The normalized spacial score (nSPS) is 10.4. The lowest BCUT2D eigenvalue weighted by Crippen LogP contribution is -2.35. The van der Waals surface area contributed by atoms with Crippen LogP contribution in [-0.2, 0) is 6.54 Å². The zero-order valence-corrected chi connectivity index (χ0v) is 11.6. The molecule has 18 heavy (non-hydrogen) atoms. The first-order chi connectivity index (χ1) is 8.63. The van der Waals surface area contributed by atoms with Crippen molar-refractivity contribution in [3.05, 3.63) is 35.4 Å². The predicted octanol–water partition coefficient (Wildman–Crippen LogP) is 3.41. The van der Waals surface area contributed by atoms with E-state index in [2.05, 4.69) is 55.7 Å². The smallest absolute Gasteiger partial charge is 0.315 e. The van der Waals surface area contributed by atoms with Crippen LogP contribution in [0.5, 0.6) is 0 Å². The third-order valence-electron chi connectivity index (χ3n) is 2.92. The van der Waals surface area contributed by atoms with Gasteiger partial charge in [-0.15, -0.1) is 0 Å². The van der Waals surface area contributed by atoms with Crippen molar-refractivity contribution < 1.29 is 4.79 Å². The van der Waals surface area contributed by atoms with Crippen LogP contribution in [0.1, 0.15) is 50.7 Å². The Bertz CT molecular complexity index is 357. The summed E-state index contributed by atoms with van der Waals surface area (Å²) in [4.78, 5) is 11.4. The number of carbonyl (C=O) groups excluding carboxylic acids is 1. The average molecular weight is 248 g/mol. The van der Waals surface area contributed by atoms with E-state index in [4.69, 9.17) is 0 Å². The number of carbonyl (C=O) groups is 1. The predicted molar refractivity (Wildman–Crippen MR) is 75.7 cm³/mol. The van der Waals surface area contributed by atoms with Gasteiger partial charge in [0.2, 0.25) is 0 Å². The van der Waals surface area contributed by atoms with E-state index in [1.807, 2.05) is 0 Å². The Morgan fingerprint density at radius 2 is 1.83 bits per heavy atom. The highest BCUT2D eigenvalue weighted by atomic mass is 16.2. The number of urea groups is 1. The van der Waals surface area contributed by atoms with Crippen LogP contribution in [0.3, 0.4) is 0 Å². The number of amides is 2. The van der Waals surface area contributed by atoms with Crippen LogP contribution in [0.4, 0.5) is 4.79 Å². The van der Waals surface area contributed by atoms with Crippen LogP contribution in [0.25, 0.3) is 0 Å². The maximum absolute atomic E-state index is 11.4. The second kappa shape index (κ2) is 7.75. The van der Waals surface area contributed by atoms with Crippen LogP contribution in [0.2, 0.25) is 0 Å². The largest absolute Gasteiger partial charge is 0.338 e. The molecule has 2 amide bonds. The van der Waals surface area contributed by atoms with Gasteiger partial charge in [0.25, 0.3) is 0 Å². The minimum atomic E-state index is -0.0867. The van der Waals surface area contributed by atoms with E-state index in [0.29, 0.717) is 12.5 Å². The number of benzene rings is 1. The summed E-state index contributed by atoms with van der Waals surface area (Å²) in [5.74, 6) is 0.546. The molecule has 1 aromatic rings. The van der Waals surface area contributed by atoms with Crippen molar-refractivity contribution in [1.82, 2.24) is 10.6 Å². The van der Waals surface area contributed by atoms with Gasteiger partial charge in [0, 0.05) is 13.1 Å². The summed E-state index contributed by atoms with van der Waals surface area (Å²) in [6.07, 6.45) is 2.12. The molecule has 100 valence electrons. The quantitative estimate of drug-likeness (QED) is 0.744. The van der Waals surface area contributed by atoms with Gasteiger partial charge < -0.3 is 10.6 Å². The van der Waals surface area contributed by atoms with Gasteiger partial charge in [-0.3, -0.25) is 0 Å². The molecule has 3 nitrogen and oxygen atoms in total. The minimum absolute atomic E-state index is 0.0867. The second-order valence-corrected chi connectivity index (χ2v) is 4.86. The average Bonchev–Trinajstić information content (AvgIpc) is 2.37. The van der Waals surface area contributed by atoms with Gasteiger partial charge in [0.1, 0.15) is 0 Å². The van der Waals surface area contributed by atoms with Gasteiger partial charge in [0.05, 0.1) is 0 Å². The highest BCUT2D eigenvalue weighted by Crippen LogP contribution is 2.14. The molecule has 3 heteroatoms. The van der Waals surface area contributed by atoms with Crippen molar-refractivity contribution in [3.8, 4) is 0 Å². The van der Waals surface area contributed by atoms with Crippen molar-refractivity contribution >= 4 is 6.03 Å². The maximum atomic E-state index is 11.4. The summed E-state index contributed by atoms with van der Waals surface area (Å²) in [5.41, 5.74) is 2.45. The summed E-state index contributed by atoms with van der Waals surface area (Å²) in [5, 5.41) is 5.69. The van der Waals surface area contributed by atoms with E-state index in [9.17, 15) is 4.79 Å². The Kier molecular flexibility index (Phi) is 6.26. The molecule has 0 saturated heterocycles. The van der Waals surface area contributed by atoms with Gasteiger partial charge >= 0.3 is 6.03 Å². The summed E-state index contributed by atoms with van der Waals surface area (Å²) >= 11 is 0. The third-order valence-corrected chi connectivity index (χ3v) is 2.92. The highest BCUT2D eigenvalue weighted by molar-refractivity contribution is 5.73. The Labute approximate surface area is 110 Å². The van der Waals surface area contributed by atoms with Gasteiger partial charge in [-0.25, -0.2) is 4.79 Å². The molecule has 0 atom stereocenters. The minimum Gasteiger partial charge on any atom is -0.338 e. The summed E-state index contributed by atoms with van der Waals surface area (Å²) < 4.78 is 0. The molecule has 0 spiro atoms. The van der Waals surface area contributed by atoms with Crippen molar-refractivity contribution in [2.75, 3.05) is 6.54 Å². The first kappa shape index (κ1) is 14.6. The fourth-order valence-corrected chi connectivity index (χ4v) is 1.64. The standard InChI is InChI=1S/C15H24N2O/c1-4-5-10-16-15(18)17-11-13-6-8-14(9-7-13)12(2)3/h6-9,12H,4-5,10-11H2,1-3H3,(H2,16,17,18). The van der Waals surface area contributed by atoms with Crippen molar-refractivity contribution in [2.45, 2.75) is 46.1 Å². The van der Waals surface area contributed by atoms with Crippen LogP contribution in [0, 0.1) is 0 Å². The zero-order chi connectivity index (χ0) is 13.4. The molecule has 0 radical (unpaired) electrons. The Morgan fingerprint density at radius 1 is 1.17 bits per heavy atom. The van der Waals surface area contributed by atoms with E-state index in [1.54, 1.807) is 0 Å². The third kappa shape index (κ3) is 5.21. The van der Waals surface area contributed by atoms with Gasteiger partial charge in [0.15, 0.2) is 0 Å². The first-order valence-corrected chi connectivity index (χ1v) is 6.74. The number of unbranched alkanes of at least 4 members (excludes halogenated alkanes) is 1. The van der Waals surface area contributed by atoms with Crippen LogP contribution in [0.15, 0.2) is 24.3 Å². The molecular formula is C15H24N2O. The van der Waals surface area contributed by atoms with E-state index in [-0.39, 0.29) is 6.03 Å². The molecule has 1 aromatic carbocycles. The Morgan fingerprint density at radius 3 is 2.39 bits per heavy atom. The van der Waals surface area contributed by atoms with Gasteiger partial charge in [-0.05, 0) is 23.5 Å². The lowest BCUT2D eigenvalue weighted by Gasteiger charge is -2.09. The second-order valence-electron chi connectivity index (χ2n) is 4.86. The Hall–Kier alpha value is -1.51. The van der Waals surface area contributed by atoms with Crippen LogP contribution >= 0.6 is 0 Å². The topological polar surface area (TPSA) is 41.1 Å². The van der Waals surface area contributed by atoms with E-state index >= 15 is 0 Å². The Balaban J connectivity index is 2.32. The monoisotopic (exact) mass is 248 g/mol. The lowest BCUT2D eigenvalue weighted by molar-refractivity contribution is 0.240. The molecule has 0 saturated carbocycles. The molecule has 1 rings (SSSR count). The summed E-state index contributed by atoms with van der Waals surface area (Å²) in [6, 6.07) is 8.30. The van der Waals surface area contributed by atoms with Gasteiger partial charge in [-0.2, -0.15) is 0 Å². The fraction of sp³-hybridized carbons (Fsp3) is 0.533. The molecule has 0 bridgehead atoms. The van der Waals surface area contributed by atoms with E-state index in [0.717, 1.165) is 24.9 Å². The van der Waals surface area contributed by atoms with Crippen LogP contribution in [-0.4, -0.2) is 12.6 Å². The maximum Gasteiger partial charge on any atom is 0.315 e. The molecular weight excluding hydrogens is 224 g/mol. The molecule has 0 aliphatic heterocycles. The number of nitrogens with one attached hydrogen (secondary N) is 2. The van der Waals surface area contributed by atoms with Crippen molar-refractivity contribution in [3.63, 3.8) is 0 Å². The van der Waals surface area contributed by atoms with Gasteiger partial charge in [-0.1, -0.05) is 51.5 Å². The fourth-order valence-electron chi connectivity index (χ4n) is 1.64. The number of rotatable bonds is 6.